The number of hydrogen-bond donors (Lipinski definition) is 2. The largest absolute Gasteiger partial charge is 0.384 e. The van der Waals surface area contributed by atoms with Crippen LogP contribution < -0.4 is 11.3 Å². The summed E-state index contributed by atoms with van der Waals surface area (Å²) in [5, 5.41) is 11.0. The molecule has 5 heterocycles. The number of rotatable bonds is 4. The van der Waals surface area contributed by atoms with Crippen molar-refractivity contribution >= 4 is 17.4 Å². The van der Waals surface area contributed by atoms with Crippen LogP contribution in [0.1, 0.15) is 37.0 Å². The Hall–Kier alpha value is -4.52. The van der Waals surface area contributed by atoms with Crippen molar-refractivity contribution in [2.75, 3.05) is 5.73 Å². The maximum atomic E-state index is 15.4. The Balaban J connectivity index is 1.35. The number of fused-ring (bicyclic) bond motifs is 2. The van der Waals surface area contributed by atoms with Gasteiger partial charge in [-0.05, 0) is 54.0 Å². The van der Waals surface area contributed by atoms with E-state index in [4.69, 9.17) is 22.3 Å². The zero-order valence-electron chi connectivity index (χ0n) is 19.4. The molecule has 0 saturated heterocycles. The average molecular weight is 535 g/mol. The van der Waals surface area contributed by atoms with Crippen molar-refractivity contribution in [1.29, 1.82) is 0 Å². The zero-order valence-corrected chi connectivity index (χ0v) is 20.2. The van der Waals surface area contributed by atoms with Gasteiger partial charge in [-0.3, -0.25) is 9.36 Å². The summed E-state index contributed by atoms with van der Waals surface area (Å²) in [6.45, 7) is 0. The minimum Gasteiger partial charge on any atom is -0.384 e. The molecule has 1 aliphatic heterocycles. The van der Waals surface area contributed by atoms with Gasteiger partial charge in [0.05, 0.1) is 45.5 Å². The zero-order chi connectivity index (χ0) is 26.2. The van der Waals surface area contributed by atoms with E-state index < -0.39 is 17.8 Å². The first-order valence-electron chi connectivity index (χ1n) is 11.7. The highest BCUT2D eigenvalue weighted by atomic mass is 35.5. The number of imidazole rings is 1. The number of aromatic amines is 1. The molecule has 1 atom stereocenters. The lowest BCUT2D eigenvalue weighted by molar-refractivity contribution is 0.542. The summed E-state index contributed by atoms with van der Waals surface area (Å²) in [5.41, 5.74) is 5.92. The highest BCUT2D eigenvalue weighted by Gasteiger charge is 2.55. The highest BCUT2D eigenvalue weighted by Crippen LogP contribution is 2.58. The summed E-state index contributed by atoms with van der Waals surface area (Å²) in [6.07, 6.45) is 5.03. The van der Waals surface area contributed by atoms with Gasteiger partial charge in [0, 0.05) is 11.5 Å². The van der Waals surface area contributed by atoms with E-state index in [1.807, 2.05) is 0 Å². The van der Waals surface area contributed by atoms with E-state index in [1.165, 1.54) is 41.5 Å². The molecule has 0 bridgehead atoms. The van der Waals surface area contributed by atoms with Crippen molar-refractivity contribution in [1.82, 2.24) is 44.7 Å². The Bertz CT molecular complexity index is 1790. The molecule has 5 aromatic rings. The van der Waals surface area contributed by atoms with Gasteiger partial charge in [-0.15, -0.1) is 5.10 Å². The van der Waals surface area contributed by atoms with Crippen molar-refractivity contribution < 1.29 is 8.78 Å². The Kier molecular flexibility index (Phi) is 4.76. The van der Waals surface area contributed by atoms with E-state index in [2.05, 4.69) is 30.5 Å². The second kappa shape index (κ2) is 7.99. The molecule has 0 amide bonds. The monoisotopic (exact) mass is 534 g/mol. The first kappa shape index (κ1) is 22.7. The first-order valence-corrected chi connectivity index (χ1v) is 12.1. The standard InChI is InChI=1S/C24H17ClF2N10O/c25-12-2-3-15(36-10-30-34-35-36)19(20(12)26)13-7-18(38)37-16(8-24(5-6-24)23(37)32-13)22-29-9-14(31-22)11-1-4-17(28)33-21(11)27/h1-4,7,9-10,16H,5-6,8H2,(H2,28,33)(H,29,31)/t16-/m1/s1. The summed E-state index contributed by atoms with van der Waals surface area (Å²) in [4.78, 5) is 29.6. The molecule has 1 aliphatic carbocycles. The lowest BCUT2D eigenvalue weighted by Crippen LogP contribution is -2.26. The summed E-state index contributed by atoms with van der Waals surface area (Å²) in [7, 11) is 0. The second-order valence-electron chi connectivity index (χ2n) is 9.44. The van der Waals surface area contributed by atoms with Crippen molar-refractivity contribution in [2.45, 2.75) is 30.7 Å². The molecular weight excluding hydrogens is 518 g/mol. The SMILES string of the molecule is Nc1ccc(-c2cnc([C@H]3CC4(CC4)c4nc(-c5c(-n6cnnn6)ccc(Cl)c5F)cc(=O)n43)[nH]2)c(F)n1. The number of nitrogens with one attached hydrogen (secondary N) is 1. The van der Waals surface area contributed by atoms with E-state index in [1.54, 1.807) is 10.6 Å². The molecule has 14 heteroatoms. The fraction of sp³-hybridized carbons (Fsp3) is 0.208. The number of H-pyrrole nitrogens is 1. The molecule has 4 aromatic heterocycles. The second-order valence-corrected chi connectivity index (χ2v) is 9.85. The predicted octanol–water partition coefficient (Wildman–Crippen LogP) is 3.21. The number of tetrazole rings is 1. The van der Waals surface area contributed by atoms with Crippen LogP contribution in [0.3, 0.4) is 0 Å². The van der Waals surface area contributed by atoms with E-state index in [9.17, 15) is 9.18 Å². The molecule has 1 saturated carbocycles. The molecule has 1 fully saturated rings. The summed E-state index contributed by atoms with van der Waals surface area (Å²) < 4.78 is 32.6. The van der Waals surface area contributed by atoms with Crippen LogP contribution in [0.5, 0.6) is 0 Å². The minimum atomic E-state index is -0.731. The van der Waals surface area contributed by atoms with Crippen LogP contribution >= 0.6 is 11.6 Å². The normalized spacial score (nSPS) is 17.2. The molecule has 11 nitrogen and oxygen atoms in total. The average Bonchev–Trinajstić information content (AvgIpc) is 3.24. The van der Waals surface area contributed by atoms with E-state index in [0.717, 1.165) is 12.8 Å². The fourth-order valence-electron chi connectivity index (χ4n) is 5.18. The van der Waals surface area contributed by atoms with Crippen molar-refractivity contribution in [3.63, 3.8) is 0 Å². The quantitative estimate of drug-likeness (QED) is 0.334. The van der Waals surface area contributed by atoms with E-state index in [0.29, 0.717) is 29.5 Å². The number of nitrogens with two attached hydrogens (primary N) is 1. The van der Waals surface area contributed by atoms with Crippen LogP contribution in [0, 0.1) is 11.8 Å². The van der Waals surface area contributed by atoms with Gasteiger partial charge in [-0.2, -0.15) is 9.07 Å². The van der Waals surface area contributed by atoms with Gasteiger partial charge < -0.3 is 10.7 Å². The van der Waals surface area contributed by atoms with Crippen LogP contribution in [0.4, 0.5) is 14.6 Å². The minimum absolute atomic E-state index is 0.0242. The Morgan fingerprint density at radius 3 is 2.74 bits per heavy atom. The van der Waals surface area contributed by atoms with Gasteiger partial charge in [0.15, 0.2) is 5.82 Å². The number of hydrogen-bond acceptors (Lipinski definition) is 8. The van der Waals surface area contributed by atoms with Crippen LogP contribution in [-0.2, 0) is 5.41 Å². The Morgan fingerprint density at radius 1 is 1.16 bits per heavy atom. The molecule has 0 unspecified atom stereocenters. The van der Waals surface area contributed by atoms with E-state index in [-0.39, 0.29) is 38.6 Å². The maximum Gasteiger partial charge on any atom is 0.254 e. The molecular formula is C24H17ClF2N10O. The third kappa shape index (κ3) is 3.35. The molecule has 38 heavy (non-hydrogen) atoms. The number of nitrogen functional groups attached to an aromatic ring is 1. The molecule has 2 aliphatic rings. The lowest BCUT2D eigenvalue weighted by atomic mass is 10.0. The predicted molar refractivity (Wildman–Crippen MR) is 131 cm³/mol. The van der Waals surface area contributed by atoms with Crippen LogP contribution in [0.25, 0.3) is 28.2 Å². The number of nitrogens with zero attached hydrogens (tertiary/aromatic N) is 8. The van der Waals surface area contributed by atoms with Crippen LogP contribution in [-0.4, -0.2) is 44.7 Å². The van der Waals surface area contributed by atoms with Gasteiger partial charge >= 0.3 is 0 Å². The van der Waals surface area contributed by atoms with Crippen molar-refractivity contribution in [3.05, 3.63) is 81.6 Å². The maximum absolute atomic E-state index is 15.4. The Labute approximate surface area is 217 Å². The van der Waals surface area contributed by atoms with Gasteiger partial charge in [0.2, 0.25) is 5.95 Å². The fourth-order valence-corrected chi connectivity index (χ4v) is 5.34. The molecule has 7 rings (SSSR count). The Morgan fingerprint density at radius 2 is 2.00 bits per heavy atom. The van der Waals surface area contributed by atoms with Gasteiger partial charge in [0.1, 0.15) is 23.8 Å². The highest BCUT2D eigenvalue weighted by molar-refractivity contribution is 6.31. The summed E-state index contributed by atoms with van der Waals surface area (Å²) in [5.74, 6) is -0.354. The van der Waals surface area contributed by atoms with Gasteiger partial charge in [-0.25, -0.2) is 19.3 Å². The topological polar surface area (TPSA) is 146 Å². The van der Waals surface area contributed by atoms with Crippen molar-refractivity contribution in [3.8, 4) is 28.2 Å². The van der Waals surface area contributed by atoms with Gasteiger partial charge in [0.25, 0.3) is 5.56 Å². The molecule has 1 aromatic carbocycles. The molecule has 1 spiro atoms. The molecule has 190 valence electrons. The third-order valence-electron chi connectivity index (χ3n) is 7.17. The van der Waals surface area contributed by atoms with E-state index >= 15 is 4.39 Å². The third-order valence-corrected chi connectivity index (χ3v) is 7.46. The first-order chi connectivity index (χ1) is 18.3. The van der Waals surface area contributed by atoms with Crippen LogP contribution in [0.15, 0.2) is 47.7 Å². The number of anilines is 1. The lowest BCUT2D eigenvalue weighted by Gasteiger charge is -2.15. The number of halogens is 3. The van der Waals surface area contributed by atoms with Gasteiger partial charge in [-0.1, -0.05) is 11.6 Å². The molecule has 3 N–H and O–H groups in total. The summed E-state index contributed by atoms with van der Waals surface area (Å²) >= 11 is 6.10. The summed E-state index contributed by atoms with van der Waals surface area (Å²) in [6, 6.07) is 6.79. The smallest absolute Gasteiger partial charge is 0.254 e. The molecule has 0 radical (unpaired) electrons. The van der Waals surface area contributed by atoms with Crippen LogP contribution in [0.2, 0.25) is 5.02 Å². The number of benzene rings is 1. The van der Waals surface area contributed by atoms with Crippen molar-refractivity contribution in [2.24, 2.45) is 0 Å². The number of aromatic nitrogens is 9. The number of pyridine rings is 1.